The molecule has 1 amide bonds. The zero-order valence-corrected chi connectivity index (χ0v) is 21.4. The first-order valence-electron chi connectivity index (χ1n) is 12.9. The second-order valence-corrected chi connectivity index (χ2v) is 9.53. The van der Waals surface area contributed by atoms with Gasteiger partial charge in [-0.1, -0.05) is 84.9 Å². The Morgan fingerprint density at radius 3 is 2.22 bits per heavy atom. The lowest BCUT2D eigenvalue weighted by atomic mass is 9.98. The van der Waals surface area contributed by atoms with E-state index in [2.05, 4.69) is 58.4 Å². The van der Waals surface area contributed by atoms with Crippen molar-refractivity contribution in [3.63, 3.8) is 0 Å². The normalized spacial score (nSPS) is 18.8. The first kappa shape index (κ1) is 24.9. The molecule has 5 rings (SSSR count). The molecule has 0 bridgehead atoms. The molecular formula is C31H34N4O2. The van der Waals surface area contributed by atoms with Crippen LogP contribution in [0, 0.1) is 0 Å². The number of methoxy groups -OCH3 is 1. The molecule has 0 radical (unpaired) electrons. The quantitative estimate of drug-likeness (QED) is 0.455. The van der Waals surface area contributed by atoms with Gasteiger partial charge in [0.05, 0.1) is 25.4 Å². The molecule has 6 nitrogen and oxygen atoms in total. The molecule has 1 atom stereocenters. The summed E-state index contributed by atoms with van der Waals surface area (Å²) < 4.78 is 5.33. The summed E-state index contributed by atoms with van der Waals surface area (Å²) in [4.78, 5) is 18.2. The maximum absolute atomic E-state index is 13.5. The highest BCUT2D eigenvalue weighted by atomic mass is 16.5. The van der Waals surface area contributed by atoms with Gasteiger partial charge in [0, 0.05) is 39.1 Å². The Bertz CT molecular complexity index is 1220. The fraction of sp³-hybridized carbons (Fsp3) is 0.290. The summed E-state index contributed by atoms with van der Waals surface area (Å²) in [7, 11) is 1.66. The van der Waals surface area contributed by atoms with Crippen LogP contribution in [0.15, 0.2) is 96.1 Å². The maximum Gasteiger partial charge on any atom is 0.257 e. The third kappa shape index (κ3) is 6.34. The van der Waals surface area contributed by atoms with Gasteiger partial charge in [-0.25, -0.2) is 5.01 Å². The average molecular weight is 495 g/mol. The van der Waals surface area contributed by atoms with Crippen LogP contribution in [-0.4, -0.2) is 72.8 Å². The first-order valence-corrected chi connectivity index (χ1v) is 12.9. The molecule has 1 fully saturated rings. The number of amides is 1. The van der Waals surface area contributed by atoms with Gasteiger partial charge in [-0.05, 0) is 28.8 Å². The zero-order chi connectivity index (χ0) is 25.5. The van der Waals surface area contributed by atoms with Crippen LogP contribution in [0.2, 0.25) is 0 Å². The minimum atomic E-state index is -0.113. The van der Waals surface area contributed by atoms with E-state index in [1.165, 1.54) is 5.56 Å². The van der Waals surface area contributed by atoms with Crippen LogP contribution >= 0.6 is 0 Å². The second-order valence-electron chi connectivity index (χ2n) is 9.53. The van der Waals surface area contributed by atoms with Crippen molar-refractivity contribution in [2.45, 2.75) is 12.5 Å². The Hall–Kier alpha value is -3.74. The summed E-state index contributed by atoms with van der Waals surface area (Å²) in [6.45, 7) is 4.96. The van der Waals surface area contributed by atoms with E-state index >= 15 is 0 Å². The van der Waals surface area contributed by atoms with E-state index < -0.39 is 0 Å². The Morgan fingerprint density at radius 1 is 0.892 bits per heavy atom. The number of benzene rings is 3. The molecule has 2 aliphatic rings. The zero-order valence-electron chi connectivity index (χ0n) is 21.4. The van der Waals surface area contributed by atoms with Gasteiger partial charge in [0.2, 0.25) is 0 Å². The van der Waals surface area contributed by atoms with E-state index in [0.717, 1.165) is 55.3 Å². The highest BCUT2D eigenvalue weighted by Crippen LogP contribution is 2.33. The molecule has 1 saturated heterocycles. The minimum Gasteiger partial charge on any atom is -0.497 e. The van der Waals surface area contributed by atoms with Gasteiger partial charge in [0.25, 0.3) is 5.91 Å². The molecule has 2 heterocycles. The number of hydrazone groups is 1. The van der Waals surface area contributed by atoms with Crippen LogP contribution in [0.3, 0.4) is 0 Å². The van der Waals surface area contributed by atoms with Crippen molar-refractivity contribution >= 4 is 17.7 Å². The van der Waals surface area contributed by atoms with E-state index in [9.17, 15) is 4.79 Å². The minimum absolute atomic E-state index is 0.0455. The number of nitrogens with zero attached hydrogens (tertiary/aromatic N) is 4. The number of carbonyl (C=O) groups is 1. The predicted octanol–water partition coefficient (Wildman–Crippen LogP) is 4.70. The van der Waals surface area contributed by atoms with Gasteiger partial charge in [-0.15, -0.1) is 0 Å². The summed E-state index contributed by atoms with van der Waals surface area (Å²) in [6, 6.07) is 28.4. The van der Waals surface area contributed by atoms with Gasteiger partial charge in [-0.2, -0.15) is 5.10 Å². The van der Waals surface area contributed by atoms with E-state index in [1.807, 2.05) is 48.5 Å². The van der Waals surface area contributed by atoms with Crippen LogP contribution in [0.1, 0.15) is 29.2 Å². The summed E-state index contributed by atoms with van der Waals surface area (Å²) in [5, 5.41) is 6.54. The third-order valence-electron chi connectivity index (χ3n) is 7.07. The van der Waals surface area contributed by atoms with Crippen molar-refractivity contribution < 1.29 is 9.53 Å². The van der Waals surface area contributed by atoms with Crippen molar-refractivity contribution in [2.75, 3.05) is 46.4 Å². The Balaban J connectivity index is 1.21. The standard InChI is InChI=1S/C31H34N4O2/c1-37-28-16-14-27(15-17-28)30-23-29(26-12-6-3-7-13-26)32-35(30)31(36)24-34-21-19-33(20-22-34)18-8-11-25-9-4-2-5-10-25/h2-17,30H,18-24H2,1H3/b11-8+. The van der Waals surface area contributed by atoms with Gasteiger partial charge < -0.3 is 4.74 Å². The molecule has 0 N–H and O–H groups in total. The smallest absolute Gasteiger partial charge is 0.257 e. The molecule has 190 valence electrons. The molecular weight excluding hydrogens is 460 g/mol. The lowest BCUT2D eigenvalue weighted by molar-refractivity contribution is -0.134. The van der Waals surface area contributed by atoms with Crippen molar-refractivity contribution in [3.05, 3.63) is 108 Å². The fourth-order valence-electron chi connectivity index (χ4n) is 4.93. The molecule has 6 heteroatoms. The number of hydrogen-bond acceptors (Lipinski definition) is 5. The molecule has 3 aromatic rings. The van der Waals surface area contributed by atoms with Gasteiger partial charge in [0.15, 0.2) is 0 Å². The van der Waals surface area contributed by atoms with Crippen molar-refractivity contribution in [2.24, 2.45) is 5.10 Å². The lowest BCUT2D eigenvalue weighted by Crippen LogP contribution is -2.49. The van der Waals surface area contributed by atoms with E-state index in [4.69, 9.17) is 9.84 Å². The highest BCUT2D eigenvalue weighted by Gasteiger charge is 2.34. The van der Waals surface area contributed by atoms with Crippen LogP contribution in [0.4, 0.5) is 0 Å². The maximum atomic E-state index is 13.5. The summed E-state index contributed by atoms with van der Waals surface area (Å²) in [5.74, 6) is 0.851. The number of ether oxygens (including phenoxy) is 1. The summed E-state index contributed by atoms with van der Waals surface area (Å²) >= 11 is 0. The largest absolute Gasteiger partial charge is 0.497 e. The van der Waals surface area contributed by atoms with Crippen LogP contribution in [0.25, 0.3) is 6.08 Å². The molecule has 0 saturated carbocycles. The van der Waals surface area contributed by atoms with Crippen molar-refractivity contribution in [1.29, 1.82) is 0 Å². The average Bonchev–Trinajstić information content (AvgIpc) is 3.41. The number of carbonyl (C=O) groups excluding carboxylic acids is 1. The Labute approximate surface area is 219 Å². The van der Waals surface area contributed by atoms with E-state index in [-0.39, 0.29) is 11.9 Å². The number of rotatable bonds is 8. The molecule has 1 unspecified atom stereocenters. The topological polar surface area (TPSA) is 48.4 Å². The Morgan fingerprint density at radius 2 is 1.54 bits per heavy atom. The predicted molar refractivity (Wildman–Crippen MR) is 149 cm³/mol. The summed E-state index contributed by atoms with van der Waals surface area (Å²) in [5.41, 5.74) is 4.30. The van der Waals surface area contributed by atoms with Gasteiger partial charge in [0.1, 0.15) is 5.75 Å². The number of piperazine rings is 1. The van der Waals surface area contributed by atoms with Gasteiger partial charge >= 0.3 is 0 Å². The lowest BCUT2D eigenvalue weighted by Gasteiger charge is -2.34. The molecule has 37 heavy (non-hydrogen) atoms. The van der Waals surface area contributed by atoms with Crippen molar-refractivity contribution in [3.8, 4) is 5.75 Å². The monoisotopic (exact) mass is 494 g/mol. The highest BCUT2D eigenvalue weighted by molar-refractivity contribution is 6.03. The van der Waals surface area contributed by atoms with E-state index in [0.29, 0.717) is 13.0 Å². The number of hydrogen-bond donors (Lipinski definition) is 0. The molecule has 0 aliphatic carbocycles. The Kier molecular flexibility index (Phi) is 8.08. The third-order valence-corrected chi connectivity index (χ3v) is 7.07. The van der Waals surface area contributed by atoms with Crippen LogP contribution in [-0.2, 0) is 4.79 Å². The molecule has 0 spiro atoms. The van der Waals surface area contributed by atoms with Crippen LogP contribution < -0.4 is 4.74 Å². The summed E-state index contributed by atoms with van der Waals surface area (Å²) in [6.07, 6.45) is 5.09. The van der Waals surface area contributed by atoms with Crippen molar-refractivity contribution in [1.82, 2.24) is 14.8 Å². The SMILES string of the molecule is COc1ccc(C2CC(c3ccccc3)=NN2C(=O)CN2CCN(C/C=C/c3ccccc3)CC2)cc1. The molecule has 3 aromatic carbocycles. The van der Waals surface area contributed by atoms with Gasteiger partial charge in [-0.3, -0.25) is 14.6 Å². The first-order chi connectivity index (χ1) is 18.2. The molecule has 0 aromatic heterocycles. The van der Waals surface area contributed by atoms with Crippen LogP contribution in [0.5, 0.6) is 5.75 Å². The molecule has 2 aliphatic heterocycles. The van der Waals surface area contributed by atoms with E-state index in [1.54, 1.807) is 12.1 Å². The second kappa shape index (κ2) is 12.0. The fourth-order valence-corrected chi connectivity index (χ4v) is 4.93.